The molecule has 0 amide bonds. The number of rotatable bonds is 10. The van der Waals surface area contributed by atoms with Gasteiger partial charge in [0.25, 0.3) is 0 Å². The molecule has 120 valence electrons. The van der Waals surface area contributed by atoms with E-state index in [1.54, 1.807) is 7.11 Å². The van der Waals surface area contributed by atoms with E-state index in [1.807, 2.05) is 18.2 Å². The Balaban J connectivity index is 3.12. The van der Waals surface area contributed by atoms with Crippen LogP contribution in [0.3, 0.4) is 0 Å². The van der Waals surface area contributed by atoms with Crippen molar-refractivity contribution >= 4 is 0 Å². The number of benzene rings is 1. The maximum Gasteiger partial charge on any atom is 0.123 e. The third-order valence-electron chi connectivity index (χ3n) is 3.91. The van der Waals surface area contributed by atoms with E-state index in [1.165, 1.54) is 0 Å². The van der Waals surface area contributed by atoms with Gasteiger partial charge in [0.2, 0.25) is 0 Å². The maximum absolute atomic E-state index is 9.40. The summed E-state index contributed by atoms with van der Waals surface area (Å²) >= 11 is 0. The average molecular weight is 294 g/mol. The molecule has 4 nitrogen and oxygen atoms in total. The van der Waals surface area contributed by atoms with Crippen molar-refractivity contribution in [3.8, 4) is 5.75 Å². The predicted octanol–water partition coefficient (Wildman–Crippen LogP) is 2.57. The van der Waals surface area contributed by atoms with Gasteiger partial charge in [0.1, 0.15) is 5.75 Å². The summed E-state index contributed by atoms with van der Waals surface area (Å²) in [7, 11) is 1.69. The fourth-order valence-corrected chi connectivity index (χ4v) is 2.71. The molecule has 1 aromatic carbocycles. The van der Waals surface area contributed by atoms with Gasteiger partial charge in [-0.3, -0.25) is 4.90 Å². The van der Waals surface area contributed by atoms with Crippen LogP contribution >= 0.6 is 0 Å². The van der Waals surface area contributed by atoms with Gasteiger partial charge in [0, 0.05) is 18.2 Å². The zero-order chi connectivity index (χ0) is 15.7. The summed E-state index contributed by atoms with van der Waals surface area (Å²) in [5.74, 6) is 0.867. The van der Waals surface area contributed by atoms with E-state index in [0.29, 0.717) is 6.54 Å². The van der Waals surface area contributed by atoms with Gasteiger partial charge in [0.15, 0.2) is 0 Å². The number of unbranched alkanes of at least 4 members (excludes halogenated alkanes) is 1. The number of nitrogens with two attached hydrogens (primary N) is 1. The van der Waals surface area contributed by atoms with E-state index in [9.17, 15) is 5.11 Å². The lowest BCUT2D eigenvalue weighted by Crippen LogP contribution is -2.42. The highest BCUT2D eigenvalue weighted by Gasteiger charge is 2.27. The van der Waals surface area contributed by atoms with Crippen LogP contribution in [-0.2, 0) is 0 Å². The molecule has 0 saturated carbocycles. The predicted molar refractivity (Wildman–Crippen MR) is 87.6 cm³/mol. The normalized spacial score (nSPS) is 14.2. The van der Waals surface area contributed by atoms with Gasteiger partial charge in [0.05, 0.1) is 19.8 Å². The largest absolute Gasteiger partial charge is 0.496 e. The van der Waals surface area contributed by atoms with E-state index in [0.717, 1.165) is 37.1 Å². The van der Waals surface area contributed by atoms with Crippen LogP contribution in [0.2, 0.25) is 0 Å². The van der Waals surface area contributed by atoms with Crippen LogP contribution in [0, 0.1) is 0 Å². The van der Waals surface area contributed by atoms with Gasteiger partial charge in [-0.25, -0.2) is 0 Å². The Hall–Kier alpha value is -1.10. The van der Waals surface area contributed by atoms with Crippen molar-refractivity contribution in [3.63, 3.8) is 0 Å². The summed E-state index contributed by atoms with van der Waals surface area (Å²) in [6, 6.07) is 8.13. The Morgan fingerprint density at radius 2 is 1.95 bits per heavy atom. The summed E-state index contributed by atoms with van der Waals surface area (Å²) in [6.07, 6.45) is 3.11. The first-order chi connectivity index (χ1) is 10.2. The number of ether oxygens (including phenoxy) is 1. The Morgan fingerprint density at radius 1 is 1.24 bits per heavy atom. The molecule has 0 aliphatic rings. The second-order valence-electron chi connectivity index (χ2n) is 5.37. The molecule has 0 spiro atoms. The molecule has 0 aliphatic heterocycles. The van der Waals surface area contributed by atoms with Crippen molar-refractivity contribution in [3.05, 3.63) is 29.8 Å². The van der Waals surface area contributed by atoms with Crippen molar-refractivity contribution < 1.29 is 9.84 Å². The fraction of sp³-hybridized carbons (Fsp3) is 0.647. The van der Waals surface area contributed by atoms with Crippen molar-refractivity contribution in [2.24, 2.45) is 5.73 Å². The standard InChI is InChI=1S/C17H30N2O2/c1-4-6-11-19(12-13-20)17(15(18)5-2)14-9-7-8-10-16(14)21-3/h7-10,15,17,20H,4-6,11-13,18H2,1-3H3. The molecule has 1 aromatic rings. The first kappa shape index (κ1) is 18.0. The third-order valence-corrected chi connectivity index (χ3v) is 3.91. The molecule has 0 aliphatic carbocycles. The van der Waals surface area contributed by atoms with Gasteiger partial charge in [-0.15, -0.1) is 0 Å². The van der Waals surface area contributed by atoms with Crippen molar-refractivity contribution in [2.75, 3.05) is 26.8 Å². The monoisotopic (exact) mass is 294 g/mol. The summed E-state index contributed by atoms with van der Waals surface area (Å²) in [5.41, 5.74) is 7.51. The fourth-order valence-electron chi connectivity index (χ4n) is 2.71. The lowest BCUT2D eigenvalue weighted by molar-refractivity contribution is 0.128. The molecule has 0 fully saturated rings. The maximum atomic E-state index is 9.40. The van der Waals surface area contributed by atoms with Crippen LogP contribution in [0.4, 0.5) is 0 Å². The van der Waals surface area contributed by atoms with Gasteiger partial charge in [-0.1, -0.05) is 38.5 Å². The lowest BCUT2D eigenvalue weighted by atomic mass is 9.95. The van der Waals surface area contributed by atoms with Gasteiger partial charge in [-0.05, 0) is 25.5 Å². The molecule has 0 bridgehead atoms. The molecule has 0 saturated heterocycles. The second-order valence-corrected chi connectivity index (χ2v) is 5.37. The summed E-state index contributed by atoms with van der Waals surface area (Å²) in [5, 5.41) is 9.40. The first-order valence-electron chi connectivity index (χ1n) is 7.92. The molecule has 2 atom stereocenters. The van der Waals surface area contributed by atoms with Crippen LogP contribution in [0.25, 0.3) is 0 Å². The Bertz CT molecular complexity index is 398. The zero-order valence-electron chi connectivity index (χ0n) is 13.6. The molecule has 21 heavy (non-hydrogen) atoms. The quantitative estimate of drug-likeness (QED) is 0.696. The second kappa shape index (κ2) is 9.77. The number of hydrogen-bond acceptors (Lipinski definition) is 4. The number of aliphatic hydroxyl groups is 1. The first-order valence-corrected chi connectivity index (χ1v) is 7.92. The molecule has 3 N–H and O–H groups in total. The van der Waals surface area contributed by atoms with Crippen LogP contribution in [-0.4, -0.2) is 42.9 Å². The molecule has 2 unspecified atom stereocenters. The van der Waals surface area contributed by atoms with Gasteiger partial charge in [-0.2, -0.15) is 0 Å². The van der Waals surface area contributed by atoms with Crippen LogP contribution in [0.1, 0.15) is 44.7 Å². The van der Waals surface area contributed by atoms with Crippen LogP contribution in [0.5, 0.6) is 5.75 Å². The van der Waals surface area contributed by atoms with Gasteiger partial charge < -0.3 is 15.6 Å². The zero-order valence-corrected chi connectivity index (χ0v) is 13.6. The molecule has 0 radical (unpaired) electrons. The highest BCUT2D eigenvalue weighted by molar-refractivity contribution is 5.36. The van der Waals surface area contributed by atoms with Crippen LogP contribution < -0.4 is 10.5 Å². The van der Waals surface area contributed by atoms with E-state index in [2.05, 4.69) is 24.8 Å². The molecule has 4 heteroatoms. The summed E-state index contributed by atoms with van der Waals surface area (Å²) in [4.78, 5) is 2.29. The minimum atomic E-state index is 0.0182. The van der Waals surface area contributed by atoms with Gasteiger partial charge >= 0.3 is 0 Å². The minimum absolute atomic E-state index is 0.0182. The van der Waals surface area contributed by atoms with E-state index < -0.39 is 0 Å². The highest BCUT2D eigenvalue weighted by atomic mass is 16.5. The topological polar surface area (TPSA) is 58.7 Å². The Kier molecular flexibility index (Phi) is 8.35. The number of methoxy groups -OCH3 is 1. The minimum Gasteiger partial charge on any atom is -0.496 e. The van der Waals surface area contributed by atoms with E-state index in [4.69, 9.17) is 10.5 Å². The summed E-state index contributed by atoms with van der Waals surface area (Å²) in [6.45, 7) is 5.99. The number of aliphatic hydroxyl groups excluding tert-OH is 1. The van der Waals surface area contributed by atoms with Crippen LogP contribution in [0.15, 0.2) is 24.3 Å². The Labute approximate surface area is 128 Å². The SMILES string of the molecule is CCCCN(CCO)C(c1ccccc1OC)C(N)CC. The Morgan fingerprint density at radius 3 is 2.52 bits per heavy atom. The highest BCUT2D eigenvalue weighted by Crippen LogP contribution is 2.32. The van der Waals surface area contributed by atoms with E-state index >= 15 is 0 Å². The molecule has 1 rings (SSSR count). The number of para-hydroxylation sites is 1. The van der Waals surface area contributed by atoms with Crippen molar-refractivity contribution in [2.45, 2.75) is 45.2 Å². The molecular weight excluding hydrogens is 264 g/mol. The smallest absolute Gasteiger partial charge is 0.123 e. The average Bonchev–Trinajstić information content (AvgIpc) is 2.52. The molecular formula is C17H30N2O2. The number of hydrogen-bond donors (Lipinski definition) is 2. The molecule has 0 heterocycles. The van der Waals surface area contributed by atoms with E-state index in [-0.39, 0.29) is 18.7 Å². The summed E-state index contributed by atoms with van der Waals surface area (Å²) < 4.78 is 5.51. The third kappa shape index (κ3) is 4.99. The molecule has 0 aromatic heterocycles. The van der Waals surface area contributed by atoms with Crippen molar-refractivity contribution in [1.29, 1.82) is 0 Å². The van der Waals surface area contributed by atoms with Crippen molar-refractivity contribution in [1.82, 2.24) is 4.90 Å². The number of nitrogens with zero attached hydrogens (tertiary/aromatic N) is 1. The lowest BCUT2D eigenvalue weighted by Gasteiger charge is -2.36.